The summed E-state index contributed by atoms with van der Waals surface area (Å²) in [5.74, 6) is -0.497. The molecule has 0 atom stereocenters. The first-order valence-electron chi connectivity index (χ1n) is 8.59. The van der Waals surface area contributed by atoms with Crippen molar-refractivity contribution in [1.82, 2.24) is 5.32 Å². The number of rotatable bonds is 4. The van der Waals surface area contributed by atoms with Gasteiger partial charge in [-0.1, -0.05) is 0 Å². The number of hydrogen-bond acceptors (Lipinski definition) is 6. The second-order valence-corrected chi connectivity index (χ2v) is 7.33. The quantitative estimate of drug-likeness (QED) is 0.497. The van der Waals surface area contributed by atoms with E-state index in [-0.39, 0.29) is 23.4 Å². The van der Waals surface area contributed by atoms with Crippen molar-refractivity contribution in [2.24, 2.45) is 0 Å². The van der Waals surface area contributed by atoms with Crippen LogP contribution in [0.3, 0.4) is 0 Å². The van der Waals surface area contributed by atoms with Gasteiger partial charge in [0.15, 0.2) is 0 Å². The van der Waals surface area contributed by atoms with E-state index in [1.807, 2.05) is 0 Å². The number of benzene rings is 1. The lowest BCUT2D eigenvalue weighted by Crippen LogP contribution is -2.42. The SMILES string of the molecule is CC(C)(C)OC(=O)NC1CCC(OC(=O)c2ccc([N+](=O)[O-])cc2)CC1. The highest BCUT2D eigenvalue weighted by Gasteiger charge is 2.27. The van der Waals surface area contributed by atoms with Gasteiger partial charge in [-0.15, -0.1) is 0 Å². The molecule has 0 radical (unpaired) electrons. The average Bonchev–Trinajstić information content (AvgIpc) is 2.55. The van der Waals surface area contributed by atoms with Crippen LogP contribution in [0, 0.1) is 10.1 Å². The molecule has 0 saturated heterocycles. The molecule has 1 aliphatic carbocycles. The summed E-state index contributed by atoms with van der Waals surface area (Å²) in [6.45, 7) is 5.42. The minimum absolute atomic E-state index is 0.000762. The lowest BCUT2D eigenvalue weighted by Gasteiger charge is -2.29. The molecule has 0 unspecified atom stereocenters. The maximum Gasteiger partial charge on any atom is 0.407 e. The maximum absolute atomic E-state index is 12.1. The summed E-state index contributed by atoms with van der Waals surface area (Å²) in [6, 6.07) is 5.32. The van der Waals surface area contributed by atoms with Crippen LogP contribution in [0.5, 0.6) is 0 Å². The van der Waals surface area contributed by atoms with Gasteiger partial charge in [0, 0.05) is 18.2 Å². The molecule has 1 saturated carbocycles. The molecule has 1 N–H and O–H groups in total. The van der Waals surface area contributed by atoms with Crippen LogP contribution >= 0.6 is 0 Å². The fraction of sp³-hybridized carbons (Fsp3) is 0.556. The largest absolute Gasteiger partial charge is 0.459 e. The number of carbonyl (C=O) groups is 2. The minimum Gasteiger partial charge on any atom is -0.459 e. The third-order valence-corrected chi connectivity index (χ3v) is 3.98. The molecule has 0 spiro atoms. The second kappa shape index (κ2) is 8.16. The van der Waals surface area contributed by atoms with Crippen molar-refractivity contribution >= 4 is 17.7 Å². The standard InChI is InChI=1S/C18H24N2O6/c1-18(2,3)26-17(22)19-13-6-10-15(11-7-13)25-16(21)12-4-8-14(9-5-12)20(23)24/h4-5,8-9,13,15H,6-7,10-11H2,1-3H3,(H,19,22). The van der Waals surface area contributed by atoms with Crippen LogP contribution in [0.2, 0.25) is 0 Å². The number of nitrogens with zero attached hydrogens (tertiary/aromatic N) is 1. The van der Waals surface area contributed by atoms with Crippen LogP contribution in [0.1, 0.15) is 56.8 Å². The molecular formula is C18H24N2O6. The van der Waals surface area contributed by atoms with Crippen LogP contribution in [0.15, 0.2) is 24.3 Å². The smallest absolute Gasteiger partial charge is 0.407 e. The molecule has 2 rings (SSSR count). The number of nitrogens with one attached hydrogen (secondary N) is 1. The Labute approximate surface area is 152 Å². The third kappa shape index (κ3) is 6.02. The summed E-state index contributed by atoms with van der Waals surface area (Å²) < 4.78 is 10.7. The van der Waals surface area contributed by atoms with E-state index < -0.39 is 22.6 Å². The fourth-order valence-corrected chi connectivity index (χ4v) is 2.74. The van der Waals surface area contributed by atoms with E-state index in [9.17, 15) is 19.7 Å². The molecule has 1 aromatic carbocycles. The number of nitro benzene ring substituents is 1. The number of non-ortho nitro benzene ring substituents is 1. The van der Waals surface area contributed by atoms with Crippen LogP contribution in [-0.4, -0.2) is 34.7 Å². The molecule has 1 aromatic rings. The van der Waals surface area contributed by atoms with Gasteiger partial charge in [0.2, 0.25) is 0 Å². The Morgan fingerprint density at radius 3 is 2.19 bits per heavy atom. The second-order valence-electron chi connectivity index (χ2n) is 7.33. The van der Waals surface area contributed by atoms with E-state index in [4.69, 9.17) is 9.47 Å². The van der Waals surface area contributed by atoms with E-state index in [0.29, 0.717) is 25.7 Å². The number of alkyl carbamates (subject to hydrolysis) is 1. The normalized spacial score (nSPS) is 20.1. The van der Waals surface area contributed by atoms with Crippen LogP contribution in [-0.2, 0) is 9.47 Å². The van der Waals surface area contributed by atoms with Gasteiger partial charge in [0.1, 0.15) is 11.7 Å². The Hall–Kier alpha value is -2.64. The van der Waals surface area contributed by atoms with Gasteiger partial charge >= 0.3 is 12.1 Å². The summed E-state index contributed by atoms with van der Waals surface area (Å²) in [5.41, 5.74) is -0.332. The van der Waals surface area contributed by atoms with Crippen molar-refractivity contribution in [3.8, 4) is 0 Å². The molecule has 0 heterocycles. The van der Waals surface area contributed by atoms with Crippen molar-refractivity contribution in [2.45, 2.75) is 64.2 Å². The Morgan fingerprint density at radius 1 is 1.12 bits per heavy atom. The molecule has 142 valence electrons. The van der Waals surface area contributed by atoms with Crippen molar-refractivity contribution in [3.05, 3.63) is 39.9 Å². The summed E-state index contributed by atoms with van der Waals surface area (Å²) in [7, 11) is 0. The fourth-order valence-electron chi connectivity index (χ4n) is 2.74. The van der Waals surface area contributed by atoms with Crippen LogP contribution in [0.4, 0.5) is 10.5 Å². The highest BCUT2D eigenvalue weighted by Crippen LogP contribution is 2.23. The average molecular weight is 364 g/mol. The Morgan fingerprint density at radius 2 is 1.69 bits per heavy atom. The number of ether oxygens (including phenoxy) is 2. The van der Waals surface area contributed by atoms with Gasteiger partial charge < -0.3 is 14.8 Å². The zero-order chi connectivity index (χ0) is 19.3. The highest BCUT2D eigenvalue weighted by molar-refractivity contribution is 5.89. The topological polar surface area (TPSA) is 108 Å². The predicted octanol–water partition coefficient (Wildman–Crippen LogP) is 3.59. The zero-order valence-corrected chi connectivity index (χ0v) is 15.2. The lowest BCUT2D eigenvalue weighted by atomic mass is 9.93. The molecule has 8 heteroatoms. The molecule has 0 bridgehead atoms. The highest BCUT2D eigenvalue weighted by atomic mass is 16.6. The molecule has 0 aliphatic heterocycles. The van der Waals surface area contributed by atoms with E-state index >= 15 is 0 Å². The number of amides is 1. The van der Waals surface area contributed by atoms with E-state index in [1.165, 1.54) is 24.3 Å². The number of esters is 1. The minimum atomic E-state index is -0.540. The number of hydrogen-bond donors (Lipinski definition) is 1. The maximum atomic E-state index is 12.1. The molecule has 1 amide bonds. The van der Waals surface area contributed by atoms with Gasteiger partial charge in [-0.25, -0.2) is 9.59 Å². The van der Waals surface area contributed by atoms with Crippen molar-refractivity contribution in [3.63, 3.8) is 0 Å². The summed E-state index contributed by atoms with van der Waals surface area (Å²) >= 11 is 0. The van der Waals surface area contributed by atoms with Gasteiger partial charge in [-0.05, 0) is 58.6 Å². The lowest BCUT2D eigenvalue weighted by molar-refractivity contribution is -0.384. The molecule has 1 fully saturated rings. The predicted molar refractivity (Wildman–Crippen MR) is 93.9 cm³/mol. The molecule has 1 aliphatic rings. The van der Waals surface area contributed by atoms with E-state index in [0.717, 1.165) is 0 Å². The van der Waals surface area contributed by atoms with Crippen molar-refractivity contribution < 1.29 is 24.0 Å². The Bertz CT molecular complexity index is 657. The molecular weight excluding hydrogens is 340 g/mol. The first-order valence-corrected chi connectivity index (χ1v) is 8.59. The Balaban J connectivity index is 1.78. The van der Waals surface area contributed by atoms with Gasteiger partial charge in [-0.2, -0.15) is 0 Å². The monoisotopic (exact) mass is 364 g/mol. The van der Waals surface area contributed by atoms with Gasteiger partial charge in [-0.3, -0.25) is 10.1 Å². The van der Waals surface area contributed by atoms with E-state index in [2.05, 4.69) is 5.32 Å². The summed E-state index contributed by atoms with van der Waals surface area (Å²) in [6.07, 6.45) is 1.99. The van der Waals surface area contributed by atoms with Gasteiger partial charge in [0.25, 0.3) is 5.69 Å². The van der Waals surface area contributed by atoms with Crippen LogP contribution < -0.4 is 5.32 Å². The third-order valence-electron chi connectivity index (χ3n) is 3.98. The zero-order valence-electron chi connectivity index (χ0n) is 15.2. The first kappa shape index (κ1) is 19.7. The van der Waals surface area contributed by atoms with Crippen molar-refractivity contribution in [1.29, 1.82) is 0 Å². The first-order chi connectivity index (χ1) is 12.1. The molecule has 26 heavy (non-hydrogen) atoms. The Kier molecular flexibility index (Phi) is 6.18. The number of carbonyl (C=O) groups excluding carboxylic acids is 2. The van der Waals surface area contributed by atoms with Gasteiger partial charge in [0.05, 0.1) is 10.5 Å². The van der Waals surface area contributed by atoms with Crippen LogP contribution in [0.25, 0.3) is 0 Å². The number of nitro groups is 1. The van der Waals surface area contributed by atoms with E-state index in [1.54, 1.807) is 20.8 Å². The summed E-state index contributed by atoms with van der Waals surface area (Å²) in [5, 5.41) is 13.5. The summed E-state index contributed by atoms with van der Waals surface area (Å²) in [4.78, 5) is 34.0. The van der Waals surface area contributed by atoms with Crippen molar-refractivity contribution in [2.75, 3.05) is 0 Å². The molecule has 0 aromatic heterocycles. The molecule has 8 nitrogen and oxygen atoms in total.